The van der Waals surface area contributed by atoms with Gasteiger partial charge in [-0.15, -0.1) is 0 Å². The fourth-order valence-corrected chi connectivity index (χ4v) is 4.01. The maximum absolute atomic E-state index is 12.8. The topological polar surface area (TPSA) is 67.2 Å². The smallest absolute Gasteiger partial charge is 0.253 e. The van der Waals surface area contributed by atoms with Gasteiger partial charge >= 0.3 is 0 Å². The number of likely N-dealkylation sites (tertiary alicyclic amines) is 1. The summed E-state index contributed by atoms with van der Waals surface area (Å²) in [5.41, 5.74) is 2.70. The maximum Gasteiger partial charge on any atom is 0.253 e. The van der Waals surface area contributed by atoms with Crippen molar-refractivity contribution in [2.75, 3.05) is 13.1 Å². The number of carbonyl (C=O) groups excluding carboxylic acids is 2. The molecular weight excluding hydrogens is 412 g/mol. The van der Waals surface area contributed by atoms with Gasteiger partial charge in [0.1, 0.15) is 0 Å². The first kappa shape index (κ1) is 21.1. The summed E-state index contributed by atoms with van der Waals surface area (Å²) < 4.78 is 1.94. The van der Waals surface area contributed by atoms with Crippen LogP contribution >= 0.6 is 11.6 Å². The number of halogens is 1. The number of carbonyl (C=O) groups is 2. The molecule has 0 unspecified atom stereocenters. The molecule has 1 aromatic heterocycles. The second-order valence-corrected chi connectivity index (χ2v) is 8.30. The van der Waals surface area contributed by atoms with E-state index in [-0.39, 0.29) is 23.8 Å². The number of hydrogen-bond acceptors (Lipinski definition) is 3. The van der Waals surface area contributed by atoms with Crippen LogP contribution in [0.2, 0.25) is 5.02 Å². The molecule has 0 bridgehead atoms. The molecule has 1 saturated heterocycles. The molecule has 2 aromatic carbocycles. The minimum Gasteiger partial charge on any atom is -0.349 e. The second kappa shape index (κ2) is 9.35. The van der Waals surface area contributed by atoms with Crippen molar-refractivity contribution in [2.24, 2.45) is 5.92 Å². The van der Waals surface area contributed by atoms with Gasteiger partial charge in [-0.2, -0.15) is 0 Å². The zero-order chi connectivity index (χ0) is 21.8. The molecule has 1 atom stereocenters. The number of amides is 2. The highest BCUT2D eigenvalue weighted by molar-refractivity contribution is 6.30. The molecule has 1 aliphatic heterocycles. The Bertz CT molecular complexity index is 1020. The quantitative estimate of drug-likeness (QED) is 0.650. The van der Waals surface area contributed by atoms with Crippen LogP contribution in [0, 0.1) is 5.92 Å². The van der Waals surface area contributed by atoms with E-state index in [0.717, 1.165) is 11.3 Å². The summed E-state index contributed by atoms with van der Waals surface area (Å²) in [6.07, 6.45) is 6.72. The van der Waals surface area contributed by atoms with E-state index in [2.05, 4.69) is 10.3 Å². The normalized spacial score (nSPS) is 15.5. The lowest BCUT2D eigenvalue weighted by Gasteiger charge is -2.32. The van der Waals surface area contributed by atoms with E-state index in [1.54, 1.807) is 36.8 Å². The molecule has 6 nitrogen and oxygen atoms in total. The third-order valence-corrected chi connectivity index (χ3v) is 6.05. The Labute approximate surface area is 186 Å². The van der Waals surface area contributed by atoms with Gasteiger partial charge in [0.15, 0.2) is 0 Å². The molecule has 0 spiro atoms. The first-order valence-corrected chi connectivity index (χ1v) is 10.8. The number of benzene rings is 2. The van der Waals surface area contributed by atoms with E-state index >= 15 is 0 Å². The summed E-state index contributed by atoms with van der Waals surface area (Å²) >= 11 is 5.90. The van der Waals surface area contributed by atoms with Crippen molar-refractivity contribution in [3.63, 3.8) is 0 Å². The van der Waals surface area contributed by atoms with Crippen molar-refractivity contribution in [1.29, 1.82) is 0 Å². The zero-order valence-electron chi connectivity index (χ0n) is 17.4. The molecule has 1 fully saturated rings. The van der Waals surface area contributed by atoms with E-state index in [1.165, 1.54) is 0 Å². The Hall–Kier alpha value is -3.12. The van der Waals surface area contributed by atoms with E-state index in [9.17, 15) is 9.59 Å². The molecule has 1 aliphatic rings. The summed E-state index contributed by atoms with van der Waals surface area (Å²) in [5.74, 6) is -0.0476. The molecule has 31 heavy (non-hydrogen) atoms. The first-order valence-electron chi connectivity index (χ1n) is 10.4. The van der Waals surface area contributed by atoms with Crippen LogP contribution in [0.4, 0.5) is 0 Å². The SMILES string of the molecule is C[C@@H](NC(=O)C1CCN(C(=O)c2ccc(Cl)cc2)CC1)c1ccc(-n2ccnc2)cc1. The molecule has 160 valence electrons. The number of piperidine rings is 1. The molecule has 1 N–H and O–H groups in total. The van der Waals surface area contributed by atoms with Gasteiger partial charge in [-0.1, -0.05) is 23.7 Å². The van der Waals surface area contributed by atoms with Crippen LogP contribution in [0.1, 0.15) is 41.7 Å². The maximum atomic E-state index is 12.8. The lowest BCUT2D eigenvalue weighted by atomic mass is 9.94. The van der Waals surface area contributed by atoms with E-state index in [0.29, 0.717) is 36.5 Å². The summed E-state index contributed by atoms with van der Waals surface area (Å²) in [6, 6.07) is 14.9. The predicted molar refractivity (Wildman–Crippen MR) is 120 cm³/mol. The van der Waals surface area contributed by atoms with Gasteiger partial charge in [-0.25, -0.2) is 4.98 Å². The number of nitrogens with one attached hydrogen (secondary N) is 1. The predicted octanol–water partition coefficient (Wildman–Crippen LogP) is 4.26. The van der Waals surface area contributed by atoms with Crippen LogP contribution in [-0.2, 0) is 4.79 Å². The number of rotatable bonds is 5. The summed E-state index contributed by atoms with van der Waals surface area (Å²) in [6.45, 7) is 3.14. The lowest BCUT2D eigenvalue weighted by molar-refractivity contribution is -0.126. The Morgan fingerprint density at radius 2 is 1.74 bits per heavy atom. The molecule has 7 heteroatoms. The molecule has 2 heterocycles. The van der Waals surface area contributed by atoms with Gasteiger partial charge < -0.3 is 14.8 Å². The monoisotopic (exact) mass is 436 g/mol. The van der Waals surface area contributed by atoms with Crippen molar-refractivity contribution in [1.82, 2.24) is 19.8 Å². The van der Waals surface area contributed by atoms with Crippen molar-refractivity contribution in [2.45, 2.75) is 25.8 Å². The summed E-state index contributed by atoms with van der Waals surface area (Å²) in [7, 11) is 0. The van der Waals surface area contributed by atoms with Gasteiger partial charge in [0, 0.05) is 47.7 Å². The van der Waals surface area contributed by atoms with Gasteiger partial charge in [0.25, 0.3) is 5.91 Å². The van der Waals surface area contributed by atoms with Crippen molar-refractivity contribution >= 4 is 23.4 Å². The van der Waals surface area contributed by atoms with Crippen LogP contribution in [-0.4, -0.2) is 39.4 Å². The Morgan fingerprint density at radius 3 is 2.35 bits per heavy atom. The summed E-state index contributed by atoms with van der Waals surface area (Å²) in [4.78, 5) is 31.3. The number of hydrogen-bond donors (Lipinski definition) is 1. The van der Waals surface area contributed by atoms with Crippen molar-refractivity contribution < 1.29 is 9.59 Å². The molecule has 3 aromatic rings. The van der Waals surface area contributed by atoms with Crippen LogP contribution < -0.4 is 5.32 Å². The molecule has 2 amide bonds. The number of aromatic nitrogens is 2. The first-order chi connectivity index (χ1) is 15.0. The zero-order valence-corrected chi connectivity index (χ0v) is 18.1. The van der Waals surface area contributed by atoms with Crippen LogP contribution in [0.15, 0.2) is 67.3 Å². The van der Waals surface area contributed by atoms with E-state index in [4.69, 9.17) is 11.6 Å². The third kappa shape index (κ3) is 4.97. The molecule has 4 rings (SSSR count). The largest absolute Gasteiger partial charge is 0.349 e. The average molecular weight is 437 g/mol. The van der Waals surface area contributed by atoms with Crippen LogP contribution in [0.25, 0.3) is 5.69 Å². The number of imidazole rings is 1. The van der Waals surface area contributed by atoms with Crippen molar-refractivity contribution in [3.05, 3.63) is 83.4 Å². The fraction of sp³-hybridized carbons (Fsp3) is 0.292. The highest BCUT2D eigenvalue weighted by atomic mass is 35.5. The summed E-state index contributed by atoms with van der Waals surface area (Å²) in [5, 5.41) is 3.73. The second-order valence-electron chi connectivity index (χ2n) is 7.87. The Morgan fingerprint density at radius 1 is 1.06 bits per heavy atom. The average Bonchev–Trinajstić information content (AvgIpc) is 3.34. The van der Waals surface area contributed by atoms with Crippen LogP contribution in [0.5, 0.6) is 0 Å². The fourth-order valence-electron chi connectivity index (χ4n) is 3.88. The molecular formula is C24H25ClN4O2. The van der Waals surface area contributed by atoms with Gasteiger partial charge in [0.2, 0.25) is 5.91 Å². The van der Waals surface area contributed by atoms with E-state index < -0.39 is 0 Å². The number of nitrogens with zero attached hydrogens (tertiary/aromatic N) is 3. The Balaban J connectivity index is 1.29. The minimum atomic E-state index is -0.0851. The molecule has 0 saturated carbocycles. The van der Waals surface area contributed by atoms with Crippen molar-refractivity contribution in [3.8, 4) is 5.69 Å². The molecule has 0 aliphatic carbocycles. The van der Waals surface area contributed by atoms with Gasteiger partial charge in [-0.05, 0) is 61.7 Å². The standard InChI is InChI=1S/C24H25ClN4O2/c1-17(18-4-8-22(9-5-18)29-15-12-26-16-29)27-23(30)19-10-13-28(14-11-19)24(31)20-2-6-21(25)7-3-20/h2-9,12,15-17,19H,10-11,13-14H2,1H3,(H,27,30)/t17-/m1/s1. The molecule has 0 radical (unpaired) electrons. The third-order valence-electron chi connectivity index (χ3n) is 5.80. The van der Waals surface area contributed by atoms with Crippen LogP contribution in [0.3, 0.4) is 0 Å². The Kier molecular flexibility index (Phi) is 6.37. The van der Waals surface area contributed by atoms with Gasteiger partial charge in [-0.3, -0.25) is 9.59 Å². The lowest BCUT2D eigenvalue weighted by Crippen LogP contribution is -2.43. The van der Waals surface area contributed by atoms with E-state index in [1.807, 2.05) is 46.9 Å². The van der Waals surface area contributed by atoms with Gasteiger partial charge in [0.05, 0.1) is 12.4 Å². The highest BCUT2D eigenvalue weighted by Gasteiger charge is 2.28. The minimum absolute atomic E-state index is 0.0122. The highest BCUT2D eigenvalue weighted by Crippen LogP contribution is 2.22.